The van der Waals surface area contributed by atoms with Crippen LogP contribution in [0.25, 0.3) is 16.9 Å². The molecule has 0 bridgehead atoms. The number of para-hydroxylation sites is 1. The molecule has 0 saturated heterocycles. The van der Waals surface area contributed by atoms with Crippen LogP contribution in [0.5, 0.6) is 5.75 Å². The minimum absolute atomic E-state index is 0.162. The zero-order chi connectivity index (χ0) is 21.8. The number of hydrogen-bond donors (Lipinski definition) is 1. The SMILES string of the molecule is Cc1c(-c2ccnc3cc(C(=O)NC4CC(C)(C)Oc5ccccc54)nn23)cnn1C. The van der Waals surface area contributed by atoms with Crippen LogP contribution in [0.2, 0.25) is 0 Å². The summed E-state index contributed by atoms with van der Waals surface area (Å²) in [6.45, 7) is 6.05. The number of fused-ring (bicyclic) bond motifs is 2. The summed E-state index contributed by atoms with van der Waals surface area (Å²) in [5.74, 6) is 0.562. The second-order valence-electron chi connectivity index (χ2n) is 8.53. The Balaban J connectivity index is 1.49. The maximum atomic E-state index is 13.2. The van der Waals surface area contributed by atoms with Crippen molar-refractivity contribution < 1.29 is 9.53 Å². The molecule has 1 amide bonds. The zero-order valence-electron chi connectivity index (χ0n) is 18.0. The van der Waals surface area contributed by atoms with E-state index in [-0.39, 0.29) is 17.6 Å². The summed E-state index contributed by atoms with van der Waals surface area (Å²) in [5.41, 5.74) is 4.33. The molecule has 4 aromatic rings. The minimum atomic E-state index is -0.377. The number of carbonyl (C=O) groups is 1. The first-order valence-electron chi connectivity index (χ1n) is 10.2. The summed E-state index contributed by atoms with van der Waals surface area (Å²) in [7, 11) is 1.90. The van der Waals surface area contributed by atoms with Crippen LogP contribution < -0.4 is 10.1 Å². The van der Waals surface area contributed by atoms with Crippen LogP contribution in [0, 0.1) is 6.92 Å². The molecule has 1 aromatic carbocycles. The highest BCUT2D eigenvalue weighted by atomic mass is 16.5. The second-order valence-corrected chi connectivity index (χ2v) is 8.53. The number of carbonyl (C=O) groups excluding carboxylic acids is 1. The number of rotatable bonds is 3. The minimum Gasteiger partial charge on any atom is -0.487 e. The van der Waals surface area contributed by atoms with Crippen LogP contribution in [0.15, 0.2) is 48.8 Å². The largest absolute Gasteiger partial charge is 0.487 e. The number of nitrogens with one attached hydrogen (secondary N) is 1. The molecule has 0 aliphatic carbocycles. The molecule has 0 spiro atoms. The first-order valence-corrected chi connectivity index (χ1v) is 10.2. The third-order valence-electron chi connectivity index (χ3n) is 5.78. The van der Waals surface area contributed by atoms with Crippen LogP contribution in [0.1, 0.15) is 48.1 Å². The molecule has 0 radical (unpaired) electrons. The third-order valence-corrected chi connectivity index (χ3v) is 5.78. The van der Waals surface area contributed by atoms with Crippen molar-refractivity contribution in [3.63, 3.8) is 0 Å². The van der Waals surface area contributed by atoms with E-state index in [2.05, 4.69) is 20.5 Å². The maximum absolute atomic E-state index is 13.2. The Morgan fingerprint density at radius 1 is 1.26 bits per heavy atom. The van der Waals surface area contributed by atoms with Crippen LogP contribution >= 0.6 is 0 Å². The first-order chi connectivity index (χ1) is 14.8. The molecule has 158 valence electrons. The van der Waals surface area contributed by atoms with E-state index in [1.807, 2.05) is 62.8 Å². The first kappa shape index (κ1) is 19.3. The lowest BCUT2D eigenvalue weighted by atomic mass is 9.89. The molecule has 3 aromatic heterocycles. The average molecular weight is 416 g/mol. The van der Waals surface area contributed by atoms with Crippen molar-refractivity contribution in [2.45, 2.75) is 38.8 Å². The van der Waals surface area contributed by atoms with E-state index >= 15 is 0 Å². The van der Waals surface area contributed by atoms with Crippen molar-refractivity contribution in [2.75, 3.05) is 0 Å². The van der Waals surface area contributed by atoms with Crippen molar-refractivity contribution in [3.05, 3.63) is 65.7 Å². The van der Waals surface area contributed by atoms with E-state index in [0.717, 1.165) is 28.3 Å². The highest BCUT2D eigenvalue weighted by Crippen LogP contribution is 2.39. The van der Waals surface area contributed by atoms with Crippen molar-refractivity contribution in [1.29, 1.82) is 0 Å². The van der Waals surface area contributed by atoms with E-state index in [4.69, 9.17) is 4.74 Å². The van der Waals surface area contributed by atoms with Gasteiger partial charge < -0.3 is 10.1 Å². The number of hydrogen-bond acceptors (Lipinski definition) is 5. The monoisotopic (exact) mass is 416 g/mol. The van der Waals surface area contributed by atoms with Crippen molar-refractivity contribution in [2.24, 2.45) is 7.05 Å². The fraction of sp³-hybridized carbons (Fsp3) is 0.304. The summed E-state index contributed by atoms with van der Waals surface area (Å²) in [4.78, 5) is 17.5. The number of aromatic nitrogens is 5. The van der Waals surface area contributed by atoms with Gasteiger partial charge in [-0.2, -0.15) is 10.2 Å². The lowest BCUT2D eigenvalue weighted by molar-refractivity contribution is 0.0618. The molecule has 0 fully saturated rings. The van der Waals surface area contributed by atoms with Crippen LogP contribution in [-0.2, 0) is 7.05 Å². The lowest BCUT2D eigenvalue weighted by Crippen LogP contribution is -2.41. The normalized spacial score (nSPS) is 17.2. The van der Waals surface area contributed by atoms with Gasteiger partial charge in [-0.15, -0.1) is 0 Å². The van der Waals surface area contributed by atoms with E-state index in [0.29, 0.717) is 17.8 Å². The Morgan fingerprint density at radius 3 is 2.84 bits per heavy atom. The highest BCUT2D eigenvalue weighted by molar-refractivity contribution is 5.93. The predicted octanol–water partition coefficient (Wildman–Crippen LogP) is 3.47. The summed E-state index contributed by atoms with van der Waals surface area (Å²) in [6.07, 6.45) is 4.19. The molecule has 0 saturated carbocycles. The summed E-state index contributed by atoms with van der Waals surface area (Å²) in [5, 5.41) is 12.0. The molecule has 31 heavy (non-hydrogen) atoms. The molecule has 1 atom stereocenters. The van der Waals surface area contributed by atoms with Crippen LogP contribution in [0.4, 0.5) is 0 Å². The second kappa shape index (κ2) is 6.94. The highest BCUT2D eigenvalue weighted by Gasteiger charge is 2.34. The Hall–Kier alpha value is -3.68. The number of aryl methyl sites for hydroxylation is 1. The predicted molar refractivity (Wildman–Crippen MR) is 116 cm³/mol. The number of nitrogens with zero attached hydrogens (tertiary/aromatic N) is 5. The Labute approximate surface area is 179 Å². The van der Waals surface area contributed by atoms with E-state index in [9.17, 15) is 4.79 Å². The van der Waals surface area contributed by atoms with Gasteiger partial charge in [0.2, 0.25) is 0 Å². The molecular weight excluding hydrogens is 392 g/mol. The van der Waals surface area contributed by atoms with Gasteiger partial charge in [0.15, 0.2) is 11.3 Å². The quantitative estimate of drug-likeness (QED) is 0.553. The van der Waals surface area contributed by atoms with Gasteiger partial charge in [0.05, 0.1) is 17.9 Å². The molecular formula is C23H24N6O2. The molecule has 4 heterocycles. The van der Waals surface area contributed by atoms with E-state index in [1.165, 1.54) is 0 Å². The average Bonchev–Trinajstić information content (AvgIpc) is 3.31. The summed E-state index contributed by atoms with van der Waals surface area (Å²) >= 11 is 0. The standard InChI is InChI=1S/C23H24N6O2/c1-14-16(13-25-28(14)4)19-9-10-24-21-11-17(27-29(19)21)22(30)26-18-12-23(2,3)31-20-8-6-5-7-15(18)20/h5-11,13,18H,12H2,1-4H3,(H,26,30). The maximum Gasteiger partial charge on any atom is 0.272 e. The van der Waals surface area contributed by atoms with Crippen LogP contribution in [0.3, 0.4) is 0 Å². The molecule has 1 unspecified atom stereocenters. The van der Waals surface area contributed by atoms with Gasteiger partial charge in [0.25, 0.3) is 5.91 Å². The summed E-state index contributed by atoms with van der Waals surface area (Å²) in [6, 6.07) is 11.2. The molecule has 5 rings (SSSR count). The fourth-order valence-corrected chi connectivity index (χ4v) is 4.12. The van der Waals surface area contributed by atoms with E-state index in [1.54, 1.807) is 23.0 Å². The lowest BCUT2D eigenvalue weighted by Gasteiger charge is -2.37. The van der Waals surface area contributed by atoms with Gasteiger partial charge in [0.1, 0.15) is 11.4 Å². The van der Waals surface area contributed by atoms with Crippen molar-refractivity contribution in [3.8, 4) is 17.0 Å². The van der Waals surface area contributed by atoms with E-state index < -0.39 is 0 Å². The molecule has 1 aliphatic rings. The third kappa shape index (κ3) is 3.34. The van der Waals surface area contributed by atoms with Gasteiger partial charge in [-0.25, -0.2) is 9.50 Å². The zero-order valence-corrected chi connectivity index (χ0v) is 18.0. The van der Waals surface area contributed by atoms with Gasteiger partial charge in [-0.3, -0.25) is 9.48 Å². The van der Waals surface area contributed by atoms with Crippen LogP contribution in [-0.4, -0.2) is 35.9 Å². The Morgan fingerprint density at radius 2 is 2.06 bits per heavy atom. The molecule has 8 nitrogen and oxygen atoms in total. The van der Waals surface area contributed by atoms with Gasteiger partial charge in [-0.1, -0.05) is 18.2 Å². The van der Waals surface area contributed by atoms with Gasteiger partial charge in [-0.05, 0) is 32.9 Å². The molecule has 1 N–H and O–H groups in total. The van der Waals surface area contributed by atoms with Crippen molar-refractivity contribution >= 4 is 11.6 Å². The number of amides is 1. The number of ether oxygens (including phenoxy) is 1. The van der Waals surface area contributed by atoms with Gasteiger partial charge >= 0.3 is 0 Å². The molecule has 8 heteroatoms. The molecule has 1 aliphatic heterocycles. The fourth-order valence-electron chi connectivity index (χ4n) is 4.12. The number of benzene rings is 1. The van der Waals surface area contributed by atoms with Crippen molar-refractivity contribution in [1.82, 2.24) is 29.7 Å². The Kier molecular flexibility index (Phi) is 4.32. The topological polar surface area (TPSA) is 86.3 Å². The van der Waals surface area contributed by atoms with Gasteiger partial charge in [0, 0.05) is 42.6 Å². The summed E-state index contributed by atoms with van der Waals surface area (Å²) < 4.78 is 9.58. The smallest absolute Gasteiger partial charge is 0.272 e. The Bertz CT molecular complexity index is 1300.